The minimum atomic E-state index is -1.03. The van der Waals surface area contributed by atoms with Gasteiger partial charge >= 0.3 is 5.97 Å². The predicted octanol–water partition coefficient (Wildman–Crippen LogP) is 1.68. The highest BCUT2D eigenvalue weighted by molar-refractivity contribution is 9.10. The maximum Gasteiger partial charge on any atom is 0.335 e. The first kappa shape index (κ1) is 16.5. The van der Waals surface area contributed by atoms with Crippen LogP contribution in [0.5, 0.6) is 5.75 Å². The van der Waals surface area contributed by atoms with Crippen LogP contribution in [-0.4, -0.2) is 43.3 Å². The molecule has 0 spiro atoms. The maximum absolute atomic E-state index is 11.7. The van der Waals surface area contributed by atoms with Crippen molar-refractivity contribution in [1.29, 1.82) is 0 Å². The zero-order valence-corrected chi connectivity index (χ0v) is 12.8. The van der Waals surface area contributed by atoms with Crippen molar-refractivity contribution in [2.45, 2.75) is 13.0 Å². The summed E-state index contributed by atoms with van der Waals surface area (Å²) in [5.74, 6) is -0.886. The number of ether oxygens (including phenoxy) is 2. The van der Waals surface area contributed by atoms with E-state index in [4.69, 9.17) is 14.6 Å². The molecule has 2 N–H and O–H groups in total. The van der Waals surface area contributed by atoms with E-state index < -0.39 is 12.1 Å². The zero-order chi connectivity index (χ0) is 15.1. The summed E-state index contributed by atoms with van der Waals surface area (Å²) in [4.78, 5) is 22.5. The van der Waals surface area contributed by atoms with Gasteiger partial charge in [-0.25, -0.2) is 4.79 Å². The first-order valence-electron chi connectivity index (χ1n) is 5.92. The van der Waals surface area contributed by atoms with E-state index in [1.165, 1.54) is 18.2 Å². The maximum atomic E-state index is 11.7. The third-order valence-corrected chi connectivity index (χ3v) is 3.08. The largest absolute Gasteiger partial charge is 0.480 e. The van der Waals surface area contributed by atoms with E-state index in [-0.39, 0.29) is 11.5 Å². The minimum Gasteiger partial charge on any atom is -0.480 e. The highest BCUT2D eigenvalue weighted by Crippen LogP contribution is 2.27. The van der Waals surface area contributed by atoms with E-state index in [1.807, 2.05) is 0 Å². The second-order valence-electron chi connectivity index (χ2n) is 3.99. The lowest BCUT2D eigenvalue weighted by atomic mass is 10.2. The van der Waals surface area contributed by atoms with Crippen LogP contribution in [-0.2, 0) is 9.53 Å². The quantitative estimate of drug-likeness (QED) is 0.734. The van der Waals surface area contributed by atoms with Crippen LogP contribution in [0.4, 0.5) is 0 Å². The third-order valence-electron chi connectivity index (χ3n) is 2.46. The summed E-state index contributed by atoms with van der Waals surface area (Å²) in [6.45, 7) is 2.44. The van der Waals surface area contributed by atoms with Gasteiger partial charge in [-0.05, 0) is 41.1 Å². The Balaban J connectivity index is 2.63. The molecule has 0 aliphatic rings. The molecule has 0 saturated heterocycles. The van der Waals surface area contributed by atoms with Gasteiger partial charge in [0.25, 0.3) is 5.91 Å². The Bertz CT molecular complexity index is 492. The fourth-order valence-electron chi connectivity index (χ4n) is 1.39. The van der Waals surface area contributed by atoms with Crippen molar-refractivity contribution in [3.05, 3.63) is 28.2 Å². The molecule has 1 aromatic carbocycles. The number of aromatic carboxylic acids is 1. The molecule has 0 bridgehead atoms. The second kappa shape index (κ2) is 7.86. The van der Waals surface area contributed by atoms with Crippen molar-refractivity contribution >= 4 is 27.8 Å². The van der Waals surface area contributed by atoms with Crippen LogP contribution in [0, 0.1) is 0 Å². The molecule has 6 nitrogen and oxygen atoms in total. The lowest BCUT2D eigenvalue weighted by Crippen LogP contribution is -2.38. The Morgan fingerprint density at radius 2 is 2.15 bits per heavy atom. The number of hydrogen-bond acceptors (Lipinski definition) is 4. The number of nitrogens with one attached hydrogen (secondary N) is 1. The Hall–Kier alpha value is -1.60. The molecule has 1 rings (SSSR count). The van der Waals surface area contributed by atoms with Crippen molar-refractivity contribution in [2.75, 3.05) is 20.3 Å². The average molecular weight is 346 g/mol. The van der Waals surface area contributed by atoms with Crippen molar-refractivity contribution in [3.8, 4) is 5.75 Å². The van der Waals surface area contributed by atoms with Gasteiger partial charge in [0, 0.05) is 13.7 Å². The fraction of sp³-hybridized carbons (Fsp3) is 0.385. The van der Waals surface area contributed by atoms with E-state index in [1.54, 1.807) is 14.0 Å². The average Bonchev–Trinajstić information content (AvgIpc) is 2.40. The molecule has 1 atom stereocenters. The van der Waals surface area contributed by atoms with Crippen LogP contribution in [0.3, 0.4) is 0 Å². The minimum absolute atomic E-state index is 0.140. The van der Waals surface area contributed by atoms with Gasteiger partial charge in [-0.3, -0.25) is 4.79 Å². The monoisotopic (exact) mass is 345 g/mol. The molecule has 0 heterocycles. The molecule has 0 saturated carbocycles. The number of methoxy groups -OCH3 is 1. The van der Waals surface area contributed by atoms with Crippen molar-refractivity contribution in [1.82, 2.24) is 5.32 Å². The standard InChI is InChI=1S/C13H16BrNO5/c1-8(12(16)15-5-6-19-2)20-11-4-3-9(13(17)18)7-10(11)14/h3-4,7-8H,5-6H2,1-2H3,(H,15,16)(H,17,18)/t8-/m1/s1. The molecule has 0 aromatic heterocycles. The van der Waals surface area contributed by atoms with Crippen LogP contribution in [0.1, 0.15) is 17.3 Å². The van der Waals surface area contributed by atoms with Crippen LogP contribution in [0.15, 0.2) is 22.7 Å². The molecule has 0 aliphatic carbocycles. The number of amides is 1. The molecule has 0 aliphatic heterocycles. The van der Waals surface area contributed by atoms with Crippen LogP contribution in [0.2, 0.25) is 0 Å². The van der Waals surface area contributed by atoms with E-state index in [0.29, 0.717) is 23.4 Å². The van der Waals surface area contributed by atoms with Crippen molar-refractivity contribution < 1.29 is 24.2 Å². The van der Waals surface area contributed by atoms with Crippen molar-refractivity contribution in [2.24, 2.45) is 0 Å². The number of hydrogen-bond donors (Lipinski definition) is 2. The Morgan fingerprint density at radius 1 is 1.45 bits per heavy atom. The van der Waals surface area contributed by atoms with Gasteiger partial charge in [-0.15, -0.1) is 0 Å². The molecular weight excluding hydrogens is 330 g/mol. The van der Waals surface area contributed by atoms with E-state index in [0.717, 1.165) is 0 Å². The number of carbonyl (C=O) groups is 2. The van der Waals surface area contributed by atoms with Gasteiger partial charge in [-0.1, -0.05) is 0 Å². The van der Waals surface area contributed by atoms with Crippen LogP contribution in [0.25, 0.3) is 0 Å². The molecule has 0 unspecified atom stereocenters. The number of benzene rings is 1. The topological polar surface area (TPSA) is 84.9 Å². The van der Waals surface area contributed by atoms with Crippen molar-refractivity contribution in [3.63, 3.8) is 0 Å². The summed E-state index contributed by atoms with van der Waals surface area (Å²) in [6, 6.07) is 4.34. The second-order valence-corrected chi connectivity index (χ2v) is 4.85. The molecule has 0 fully saturated rings. The number of halogens is 1. The number of carboxylic acid groups (broad SMARTS) is 1. The van der Waals surface area contributed by atoms with Crippen LogP contribution < -0.4 is 10.1 Å². The molecule has 1 amide bonds. The molecule has 1 aromatic rings. The Labute approximate surface area is 125 Å². The SMILES string of the molecule is COCCNC(=O)[C@@H](C)Oc1ccc(C(=O)O)cc1Br. The van der Waals surface area contributed by atoms with E-state index in [2.05, 4.69) is 21.2 Å². The molecule has 0 radical (unpaired) electrons. The normalized spacial score (nSPS) is 11.8. The van der Waals surface area contributed by atoms with Gasteiger partial charge in [0.05, 0.1) is 16.6 Å². The van der Waals surface area contributed by atoms with Gasteiger partial charge in [-0.2, -0.15) is 0 Å². The van der Waals surface area contributed by atoms with Gasteiger partial charge in [0.2, 0.25) is 0 Å². The summed E-state index contributed by atoms with van der Waals surface area (Å²) in [5, 5.41) is 11.5. The first-order valence-corrected chi connectivity index (χ1v) is 6.71. The highest BCUT2D eigenvalue weighted by atomic mass is 79.9. The summed E-state index contributed by atoms with van der Waals surface area (Å²) in [5.41, 5.74) is 0.140. The number of carboxylic acids is 1. The lowest BCUT2D eigenvalue weighted by molar-refractivity contribution is -0.127. The van der Waals surface area contributed by atoms with Crippen LogP contribution >= 0.6 is 15.9 Å². The summed E-state index contributed by atoms with van der Waals surface area (Å²) in [6.07, 6.45) is -0.696. The highest BCUT2D eigenvalue weighted by Gasteiger charge is 2.16. The summed E-state index contributed by atoms with van der Waals surface area (Å²) >= 11 is 3.22. The third kappa shape index (κ3) is 4.82. The lowest BCUT2D eigenvalue weighted by Gasteiger charge is -2.15. The molecule has 7 heteroatoms. The number of rotatable bonds is 7. The smallest absolute Gasteiger partial charge is 0.335 e. The van der Waals surface area contributed by atoms with E-state index in [9.17, 15) is 9.59 Å². The molecule has 20 heavy (non-hydrogen) atoms. The van der Waals surface area contributed by atoms with Gasteiger partial charge in [0.15, 0.2) is 6.10 Å². The fourth-order valence-corrected chi connectivity index (χ4v) is 1.87. The Morgan fingerprint density at radius 3 is 2.70 bits per heavy atom. The van der Waals surface area contributed by atoms with Gasteiger partial charge < -0.3 is 19.9 Å². The Kier molecular flexibility index (Phi) is 6.47. The molecule has 110 valence electrons. The first-order chi connectivity index (χ1) is 9.45. The van der Waals surface area contributed by atoms with E-state index >= 15 is 0 Å². The molecular formula is C13H16BrNO5. The predicted molar refractivity (Wildman–Crippen MR) is 76.1 cm³/mol. The summed E-state index contributed by atoms with van der Waals surface area (Å²) in [7, 11) is 1.55. The van der Waals surface area contributed by atoms with Gasteiger partial charge in [0.1, 0.15) is 5.75 Å². The summed E-state index contributed by atoms with van der Waals surface area (Å²) < 4.78 is 10.8. The number of carbonyl (C=O) groups excluding carboxylic acids is 1. The zero-order valence-electron chi connectivity index (χ0n) is 11.2.